The van der Waals surface area contributed by atoms with Crippen LogP contribution in [-0.4, -0.2) is 45.6 Å². The molecule has 0 aromatic heterocycles. The van der Waals surface area contributed by atoms with Crippen LogP contribution in [0.15, 0.2) is 10.3 Å². The van der Waals surface area contributed by atoms with E-state index in [1.165, 1.54) is 0 Å². The summed E-state index contributed by atoms with van der Waals surface area (Å²) in [4.78, 5) is 5.53. The van der Waals surface area contributed by atoms with Gasteiger partial charge in [-0.15, -0.1) is 0 Å². The van der Waals surface area contributed by atoms with Crippen molar-refractivity contribution in [2.45, 2.75) is 65.6 Å². The van der Waals surface area contributed by atoms with Crippen molar-refractivity contribution in [2.75, 3.05) is 6.54 Å². The molecule has 0 aromatic rings. The zero-order chi connectivity index (χ0) is 16.0. The molecule has 118 valence electrons. The monoisotopic (exact) mass is 288 g/mol. The minimum Gasteiger partial charge on any atom is -0.411 e. The molecule has 0 saturated heterocycles. The third-order valence-electron chi connectivity index (χ3n) is 3.46. The van der Waals surface area contributed by atoms with E-state index in [-0.39, 0.29) is 6.10 Å². The maximum Gasteiger partial charge on any atom is 0.0887 e. The van der Waals surface area contributed by atoms with Gasteiger partial charge in [-0.05, 0) is 48.5 Å². The number of hydrogen-bond acceptors (Lipinski definition) is 7. The molecule has 1 atom stereocenters. The Hall–Kier alpha value is -1.18. The van der Waals surface area contributed by atoms with Crippen LogP contribution in [0.2, 0.25) is 0 Å². The highest BCUT2D eigenvalue weighted by molar-refractivity contribution is 5.90. The molecule has 0 rings (SSSR count). The van der Waals surface area contributed by atoms with Crippen LogP contribution in [0.5, 0.6) is 0 Å². The first-order chi connectivity index (χ1) is 9.06. The van der Waals surface area contributed by atoms with E-state index in [1.807, 2.05) is 34.6 Å². The number of nitrogens with one attached hydrogen (secondary N) is 2. The molecule has 1 unspecified atom stereocenters. The zero-order valence-electron chi connectivity index (χ0n) is 13.5. The Balaban J connectivity index is 4.30. The maximum absolute atomic E-state index is 8.80. The highest BCUT2D eigenvalue weighted by Gasteiger charge is 2.25. The van der Waals surface area contributed by atoms with Gasteiger partial charge in [0.2, 0.25) is 0 Å². The minimum absolute atomic E-state index is 0.119. The minimum atomic E-state index is -0.555. The van der Waals surface area contributed by atoms with Crippen molar-refractivity contribution in [3.05, 3.63) is 0 Å². The van der Waals surface area contributed by atoms with Crippen LogP contribution in [-0.2, 0) is 4.84 Å². The molecule has 0 heterocycles. The molecule has 7 nitrogen and oxygen atoms in total. The summed E-state index contributed by atoms with van der Waals surface area (Å²) in [5, 5.41) is 27.2. The molecule has 0 amide bonds. The van der Waals surface area contributed by atoms with Crippen LogP contribution < -0.4 is 10.8 Å². The number of nitrogens with zero attached hydrogens (tertiary/aromatic N) is 2. The lowest BCUT2D eigenvalue weighted by Crippen LogP contribution is -2.51. The molecular weight excluding hydrogens is 260 g/mol. The Bertz CT molecular complexity index is 331. The fourth-order valence-electron chi connectivity index (χ4n) is 1.14. The summed E-state index contributed by atoms with van der Waals surface area (Å²) in [6, 6.07) is 0. The molecule has 0 bridgehead atoms. The first kappa shape index (κ1) is 18.8. The van der Waals surface area contributed by atoms with Gasteiger partial charge in [0.15, 0.2) is 0 Å². The van der Waals surface area contributed by atoms with Crippen LogP contribution in [0.1, 0.15) is 48.5 Å². The van der Waals surface area contributed by atoms with E-state index in [0.29, 0.717) is 18.0 Å². The molecule has 0 fully saturated rings. The fourth-order valence-corrected chi connectivity index (χ4v) is 1.14. The number of hydrogen-bond donors (Lipinski definition) is 4. The van der Waals surface area contributed by atoms with Crippen LogP contribution in [0, 0.1) is 0 Å². The Morgan fingerprint density at radius 2 is 1.50 bits per heavy atom. The largest absolute Gasteiger partial charge is 0.411 e. The topological polar surface area (TPSA) is 98.5 Å². The smallest absolute Gasteiger partial charge is 0.0887 e. The molecule has 0 aliphatic rings. The Morgan fingerprint density at radius 1 is 1.05 bits per heavy atom. The van der Waals surface area contributed by atoms with E-state index >= 15 is 0 Å². The predicted molar refractivity (Wildman–Crippen MR) is 79.6 cm³/mol. The standard InChI is InChI=1S/C13H28N4O3/c1-9(8-14-12(4,5)10(2)15-18)20-17-13(6,7)11(3)16-19/h9,14,17-19H,8H2,1-7H3/b15-10+,16-11+. The predicted octanol–water partition coefficient (Wildman–Crippen LogP) is 1.74. The van der Waals surface area contributed by atoms with Gasteiger partial charge >= 0.3 is 0 Å². The van der Waals surface area contributed by atoms with Crippen LogP contribution in [0.4, 0.5) is 0 Å². The van der Waals surface area contributed by atoms with Crippen molar-refractivity contribution in [1.29, 1.82) is 0 Å². The van der Waals surface area contributed by atoms with Gasteiger partial charge in [0, 0.05) is 6.54 Å². The van der Waals surface area contributed by atoms with Gasteiger partial charge in [-0.25, -0.2) is 0 Å². The van der Waals surface area contributed by atoms with Crippen LogP contribution in [0.3, 0.4) is 0 Å². The van der Waals surface area contributed by atoms with E-state index in [0.717, 1.165) is 0 Å². The third-order valence-corrected chi connectivity index (χ3v) is 3.46. The highest BCUT2D eigenvalue weighted by atomic mass is 16.7. The second-order valence-corrected chi connectivity index (χ2v) is 6.03. The van der Waals surface area contributed by atoms with Crippen molar-refractivity contribution < 1.29 is 15.3 Å². The summed E-state index contributed by atoms with van der Waals surface area (Å²) in [6.45, 7) is 13.5. The molecule has 0 aromatic carbocycles. The average molecular weight is 288 g/mol. The lowest BCUT2D eigenvalue weighted by molar-refractivity contribution is -0.0417. The van der Waals surface area contributed by atoms with Gasteiger partial charge in [0.1, 0.15) is 0 Å². The summed E-state index contributed by atoms with van der Waals surface area (Å²) >= 11 is 0. The van der Waals surface area contributed by atoms with Gasteiger partial charge in [-0.1, -0.05) is 10.3 Å². The van der Waals surface area contributed by atoms with E-state index in [9.17, 15) is 0 Å². The van der Waals surface area contributed by atoms with Gasteiger partial charge in [-0.3, -0.25) is 4.84 Å². The summed E-state index contributed by atoms with van der Waals surface area (Å²) in [7, 11) is 0. The Morgan fingerprint density at radius 3 is 1.95 bits per heavy atom. The summed E-state index contributed by atoms with van der Waals surface area (Å²) < 4.78 is 0. The van der Waals surface area contributed by atoms with E-state index in [2.05, 4.69) is 21.1 Å². The normalized spacial score (nSPS) is 16.4. The summed E-state index contributed by atoms with van der Waals surface area (Å²) in [5.74, 6) is 0. The quantitative estimate of drug-likeness (QED) is 0.310. The molecule has 0 aliphatic carbocycles. The van der Waals surface area contributed by atoms with Crippen molar-refractivity contribution in [3.63, 3.8) is 0 Å². The molecule has 20 heavy (non-hydrogen) atoms. The van der Waals surface area contributed by atoms with Crippen LogP contribution in [0.25, 0.3) is 0 Å². The number of oxime groups is 2. The van der Waals surface area contributed by atoms with Crippen molar-refractivity contribution in [3.8, 4) is 0 Å². The van der Waals surface area contributed by atoms with Crippen molar-refractivity contribution in [1.82, 2.24) is 10.8 Å². The summed E-state index contributed by atoms with van der Waals surface area (Å²) in [5.41, 5.74) is 3.04. The SMILES string of the molecule is C/C(=N\O)C(C)(C)NCC(C)ONC(C)(C)/C(C)=N/O. The van der Waals surface area contributed by atoms with Gasteiger partial charge < -0.3 is 15.7 Å². The van der Waals surface area contributed by atoms with E-state index < -0.39 is 11.1 Å². The highest BCUT2D eigenvalue weighted by Crippen LogP contribution is 2.08. The number of hydroxylamine groups is 1. The first-order valence-electron chi connectivity index (χ1n) is 6.63. The van der Waals surface area contributed by atoms with E-state index in [4.69, 9.17) is 15.3 Å². The maximum atomic E-state index is 8.80. The fraction of sp³-hybridized carbons (Fsp3) is 0.846. The molecular formula is C13H28N4O3. The zero-order valence-corrected chi connectivity index (χ0v) is 13.5. The molecule has 0 radical (unpaired) electrons. The lowest BCUT2D eigenvalue weighted by atomic mass is 9.99. The summed E-state index contributed by atoms with van der Waals surface area (Å²) in [6.07, 6.45) is -0.119. The van der Waals surface area contributed by atoms with Crippen molar-refractivity contribution in [2.24, 2.45) is 10.3 Å². The second kappa shape index (κ2) is 7.56. The first-order valence-corrected chi connectivity index (χ1v) is 6.63. The van der Waals surface area contributed by atoms with Gasteiger partial charge in [0.05, 0.1) is 28.6 Å². The average Bonchev–Trinajstić information content (AvgIpc) is 2.40. The molecule has 0 spiro atoms. The number of rotatable bonds is 8. The van der Waals surface area contributed by atoms with Gasteiger partial charge in [0.25, 0.3) is 0 Å². The van der Waals surface area contributed by atoms with E-state index in [1.54, 1.807) is 13.8 Å². The molecule has 4 N–H and O–H groups in total. The molecule has 0 saturated carbocycles. The second-order valence-electron chi connectivity index (χ2n) is 6.03. The molecule has 0 aliphatic heterocycles. The third kappa shape index (κ3) is 5.85. The Labute approximate surface area is 121 Å². The van der Waals surface area contributed by atoms with Gasteiger partial charge in [-0.2, -0.15) is 5.48 Å². The van der Waals surface area contributed by atoms with Crippen molar-refractivity contribution >= 4 is 11.4 Å². The molecule has 7 heteroatoms. The Kier molecular flexibility index (Phi) is 7.12. The lowest BCUT2D eigenvalue weighted by Gasteiger charge is -2.30. The van der Waals surface area contributed by atoms with Crippen LogP contribution >= 0.6 is 0 Å².